The Morgan fingerprint density at radius 3 is 2.94 bits per heavy atom. The molecular weight excluding hydrogens is 198 g/mol. The van der Waals surface area contributed by atoms with Crippen LogP contribution in [0.25, 0.3) is 0 Å². The lowest BCUT2D eigenvalue weighted by molar-refractivity contribution is 0.195. The highest BCUT2D eigenvalue weighted by Crippen LogP contribution is 2.14. The van der Waals surface area contributed by atoms with E-state index in [4.69, 9.17) is 0 Å². The molecule has 0 radical (unpaired) electrons. The van der Waals surface area contributed by atoms with Gasteiger partial charge in [0.05, 0.1) is 6.10 Å². The second-order valence-electron chi connectivity index (χ2n) is 4.87. The van der Waals surface area contributed by atoms with Gasteiger partial charge in [-0.15, -0.1) is 0 Å². The van der Waals surface area contributed by atoms with Gasteiger partial charge < -0.3 is 10.4 Å². The van der Waals surface area contributed by atoms with E-state index >= 15 is 0 Å². The van der Waals surface area contributed by atoms with Crippen molar-refractivity contribution in [3.63, 3.8) is 0 Å². The van der Waals surface area contributed by atoms with Crippen molar-refractivity contribution in [1.82, 2.24) is 5.32 Å². The van der Waals surface area contributed by atoms with Crippen LogP contribution in [0.5, 0.6) is 0 Å². The first-order chi connectivity index (χ1) is 7.74. The van der Waals surface area contributed by atoms with Crippen molar-refractivity contribution in [2.75, 3.05) is 6.54 Å². The molecule has 0 amide bonds. The number of rotatable bonds is 4. The van der Waals surface area contributed by atoms with Gasteiger partial charge in [0.25, 0.3) is 0 Å². The van der Waals surface area contributed by atoms with Crippen LogP contribution in [0.1, 0.15) is 30.9 Å². The number of hydrogen-bond acceptors (Lipinski definition) is 2. The highest BCUT2D eigenvalue weighted by molar-refractivity contribution is 5.24. The Kier molecular flexibility index (Phi) is 3.97. The minimum Gasteiger partial charge on any atom is -0.393 e. The third-order valence-corrected chi connectivity index (χ3v) is 3.17. The zero-order valence-electron chi connectivity index (χ0n) is 9.95. The molecule has 1 heterocycles. The van der Waals surface area contributed by atoms with E-state index in [2.05, 4.69) is 29.6 Å². The molecule has 2 heteroatoms. The summed E-state index contributed by atoms with van der Waals surface area (Å²) in [5.41, 5.74) is 2.63. The molecule has 2 rings (SSSR count). The van der Waals surface area contributed by atoms with Gasteiger partial charge in [0, 0.05) is 6.04 Å². The van der Waals surface area contributed by atoms with Crippen molar-refractivity contribution >= 4 is 0 Å². The molecule has 0 saturated carbocycles. The van der Waals surface area contributed by atoms with Crippen LogP contribution in [0.15, 0.2) is 24.3 Å². The molecule has 1 aliphatic heterocycles. The average Bonchev–Trinajstić information content (AvgIpc) is 2.70. The predicted molar refractivity (Wildman–Crippen MR) is 66.6 cm³/mol. The van der Waals surface area contributed by atoms with Crippen molar-refractivity contribution < 1.29 is 5.11 Å². The molecule has 1 aromatic carbocycles. The summed E-state index contributed by atoms with van der Waals surface area (Å²) in [6.07, 6.45) is 4.22. The topological polar surface area (TPSA) is 32.3 Å². The number of aliphatic hydroxyl groups excluding tert-OH is 1. The maximum absolute atomic E-state index is 9.37. The van der Waals surface area contributed by atoms with Gasteiger partial charge in [-0.3, -0.25) is 0 Å². The van der Waals surface area contributed by atoms with Crippen molar-refractivity contribution in [1.29, 1.82) is 0 Å². The Bertz CT molecular complexity index is 329. The van der Waals surface area contributed by atoms with Crippen molar-refractivity contribution in [2.45, 2.75) is 44.8 Å². The van der Waals surface area contributed by atoms with Gasteiger partial charge in [-0.25, -0.2) is 0 Å². The molecular formula is C14H21NO. The average molecular weight is 219 g/mol. The lowest BCUT2D eigenvalue weighted by Gasteiger charge is -2.11. The van der Waals surface area contributed by atoms with Gasteiger partial charge in [0.2, 0.25) is 0 Å². The highest BCUT2D eigenvalue weighted by Gasteiger charge is 2.14. The molecule has 2 N–H and O–H groups in total. The largest absolute Gasteiger partial charge is 0.393 e. The Balaban J connectivity index is 1.97. The smallest absolute Gasteiger partial charge is 0.0552 e. The first kappa shape index (κ1) is 11.6. The van der Waals surface area contributed by atoms with E-state index in [1.807, 2.05) is 6.92 Å². The summed E-state index contributed by atoms with van der Waals surface area (Å²) in [7, 11) is 0. The molecule has 2 unspecified atom stereocenters. The summed E-state index contributed by atoms with van der Waals surface area (Å²) in [6, 6.07) is 9.26. The predicted octanol–water partition coefficient (Wildman–Crippen LogP) is 1.90. The van der Waals surface area contributed by atoms with Crippen LogP contribution in [0.3, 0.4) is 0 Å². The minimum absolute atomic E-state index is 0.250. The summed E-state index contributed by atoms with van der Waals surface area (Å²) in [5, 5.41) is 12.9. The van der Waals surface area contributed by atoms with Gasteiger partial charge in [0.1, 0.15) is 0 Å². The van der Waals surface area contributed by atoms with Crippen LogP contribution in [0, 0.1) is 0 Å². The van der Waals surface area contributed by atoms with Gasteiger partial charge in [-0.1, -0.05) is 24.3 Å². The molecule has 88 valence electrons. The SMILES string of the molecule is CC(O)Cc1cccc(CC2CCCN2)c1. The second kappa shape index (κ2) is 5.46. The van der Waals surface area contributed by atoms with E-state index in [1.54, 1.807) is 0 Å². The fraction of sp³-hybridized carbons (Fsp3) is 0.571. The minimum atomic E-state index is -0.250. The fourth-order valence-electron chi connectivity index (χ4n) is 2.44. The van der Waals surface area contributed by atoms with Crippen LogP contribution < -0.4 is 5.32 Å². The summed E-state index contributed by atoms with van der Waals surface area (Å²) in [5.74, 6) is 0. The third kappa shape index (κ3) is 3.32. The fourth-order valence-corrected chi connectivity index (χ4v) is 2.44. The van der Waals surface area contributed by atoms with Crippen LogP contribution in [0.4, 0.5) is 0 Å². The number of nitrogens with one attached hydrogen (secondary N) is 1. The maximum Gasteiger partial charge on any atom is 0.0552 e. The molecule has 0 aromatic heterocycles. The molecule has 0 aliphatic carbocycles. The Morgan fingerprint density at radius 1 is 1.44 bits per heavy atom. The maximum atomic E-state index is 9.37. The molecule has 1 saturated heterocycles. The summed E-state index contributed by atoms with van der Waals surface area (Å²) >= 11 is 0. The zero-order chi connectivity index (χ0) is 11.4. The number of benzene rings is 1. The molecule has 1 aromatic rings. The number of hydrogen-bond donors (Lipinski definition) is 2. The second-order valence-corrected chi connectivity index (χ2v) is 4.87. The van der Waals surface area contributed by atoms with E-state index in [0.717, 1.165) is 19.4 Å². The van der Waals surface area contributed by atoms with E-state index in [9.17, 15) is 5.11 Å². The quantitative estimate of drug-likeness (QED) is 0.810. The van der Waals surface area contributed by atoms with Gasteiger partial charge >= 0.3 is 0 Å². The molecule has 2 nitrogen and oxygen atoms in total. The Morgan fingerprint density at radius 2 is 2.25 bits per heavy atom. The summed E-state index contributed by atoms with van der Waals surface area (Å²) in [4.78, 5) is 0. The van der Waals surface area contributed by atoms with Crippen LogP contribution in [0.2, 0.25) is 0 Å². The van der Waals surface area contributed by atoms with Crippen molar-refractivity contribution in [3.05, 3.63) is 35.4 Å². The molecule has 0 spiro atoms. The van der Waals surface area contributed by atoms with E-state index < -0.39 is 0 Å². The van der Waals surface area contributed by atoms with Gasteiger partial charge in [-0.2, -0.15) is 0 Å². The lowest BCUT2D eigenvalue weighted by Crippen LogP contribution is -2.23. The van der Waals surface area contributed by atoms with E-state index in [-0.39, 0.29) is 6.10 Å². The monoisotopic (exact) mass is 219 g/mol. The number of aliphatic hydroxyl groups is 1. The standard InChI is InChI=1S/C14H21NO/c1-11(16)8-12-4-2-5-13(9-12)10-14-6-3-7-15-14/h2,4-5,9,11,14-16H,3,6-8,10H2,1H3. The highest BCUT2D eigenvalue weighted by atomic mass is 16.3. The van der Waals surface area contributed by atoms with E-state index in [1.165, 1.54) is 24.0 Å². The van der Waals surface area contributed by atoms with Gasteiger partial charge in [-0.05, 0) is 50.3 Å². The molecule has 16 heavy (non-hydrogen) atoms. The third-order valence-electron chi connectivity index (χ3n) is 3.17. The molecule has 1 aliphatic rings. The van der Waals surface area contributed by atoms with Crippen molar-refractivity contribution in [2.24, 2.45) is 0 Å². The van der Waals surface area contributed by atoms with Crippen molar-refractivity contribution in [3.8, 4) is 0 Å². The van der Waals surface area contributed by atoms with Crippen LogP contribution in [-0.4, -0.2) is 23.8 Å². The Hall–Kier alpha value is -0.860. The Labute approximate surface area is 97.7 Å². The summed E-state index contributed by atoms with van der Waals surface area (Å²) in [6.45, 7) is 3.00. The normalized spacial score (nSPS) is 22.2. The zero-order valence-corrected chi connectivity index (χ0v) is 9.95. The molecule has 2 atom stereocenters. The lowest BCUT2D eigenvalue weighted by atomic mass is 10.0. The van der Waals surface area contributed by atoms with Crippen LogP contribution >= 0.6 is 0 Å². The first-order valence-corrected chi connectivity index (χ1v) is 6.23. The van der Waals surface area contributed by atoms with Crippen LogP contribution in [-0.2, 0) is 12.8 Å². The van der Waals surface area contributed by atoms with Gasteiger partial charge in [0.15, 0.2) is 0 Å². The first-order valence-electron chi connectivity index (χ1n) is 6.23. The van der Waals surface area contributed by atoms with E-state index in [0.29, 0.717) is 6.04 Å². The summed E-state index contributed by atoms with van der Waals surface area (Å²) < 4.78 is 0. The molecule has 0 bridgehead atoms. The molecule has 1 fully saturated rings.